The van der Waals surface area contributed by atoms with Crippen molar-refractivity contribution in [2.75, 3.05) is 13.1 Å². The number of aromatic nitrogens is 1. The molecule has 0 spiro atoms. The second-order valence-electron chi connectivity index (χ2n) is 8.17. The third kappa shape index (κ3) is 3.20. The van der Waals surface area contributed by atoms with Gasteiger partial charge in [-0.25, -0.2) is 0 Å². The predicted octanol–water partition coefficient (Wildman–Crippen LogP) is 2.30. The van der Waals surface area contributed by atoms with E-state index in [0.29, 0.717) is 37.5 Å². The van der Waals surface area contributed by atoms with Gasteiger partial charge in [0.2, 0.25) is 5.91 Å². The average Bonchev–Trinajstić information content (AvgIpc) is 2.87. The summed E-state index contributed by atoms with van der Waals surface area (Å²) in [6.45, 7) is 3.59. The van der Waals surface area contributed by atoms with Gasteiger partial charge in [-0.15, -0.1) is 0 Å². The van der Waals surface area contributed by atoms with Crippen LogP contribution in [0.1, 0.15) is 57.4 Å². The first-order valence-electron chi connectivity index (χ1n) is 9.75. The highest BCUT2D eigenvalue weighted by Gasteiger charge is 2.49. The summed E-state index contributed by atoms with van der Waals surface area (Å²) >= 11 is 0. The zero-order chi connectivity index (χ0) is 17.4. The Bertz CT molecular complexity index is 607. The minimum Gasteiger partial charge on any atom is -0.385 e. The molecule has 25 heavy (non-hydrogen) atoms. The molecule has 136 valence electrons. The Kier molecular flexibility index (Phi) is 4.54. The van der Waals surface area contributed by atoms with Crippen LogP contribution in [0.25, 0.3) is 0 Å². The van der Waals surface area contributed by atoms with Gasteiger partial charge in [0, 0.05) is 42.6 Å². The molecular formula is C20H29N3O2. The molecule has 4 rings (SSSR count). The molecule has 5 nitrogen and oxygen atoms in total. The molecule has 3 aliphatic heterocycles. The van der Waals surface area contributed by atoms with Crippen LogP contribution in [0.2, 0.25) is 0 Å². The van der Waals surface area contributed by atoms with Gasteiger partial charge in [0.15, 0.2) is 0 Å². The molecule has 1 aromatic rings. The molecule has 0 aromatic carbocycles. The van der Waals surface area contributed by atoms with E-state index in [2.05, 4.69) is 21.7 Å². The highest BCUT2D eigenvalue weighted by molar-refractivity contribution is 5.78. The minimum absolute atomic E-state index is 0.274. The highest BCUT2D eigenvalue weighted by atomic mass is 16.3. The van der Waals surface area contributed by atoms with Crippen LogP contribution in [0.5, 0.6) is 0 Å². The molecule has 4 heterocycles. The van der Waals surface area contributed by atoms with Gasteiger partial charge in [0.05, 0.1) is 12.1 Å². The van der Waals surface area contributed by atoms with E-state index in [1.165, 1.54) is 6.42 Å². The lowest BCUT2D eigenvalue weighted by Crippen LogP contribution is -2.54. The maximum Gasteiger partial charge on any atom is 0.237 e. The first kappa shape index (κ1) is 17.0. The molecule has 3 saturated heterocycles. The fraction of sp³-hybridized carbons (Fsp3) is 0.700. The van der Waals surface area contributed by atoms with E-state index in [0.717, 1.165) is 37.8 Å². The maximum absolute atomic E-state index is 12.8. The number of pyridine rings is 1. The van der Waals surface area contributed by atoms with E-state index in [1.807, 2.05) is 12.1 Å². The van der Waals surface area contributed by atoms with Gasteiger partial charge in [-0.05, 0) is 57.9 Å². The molecule has 3 aliphatic rings. The third-order valence-electron chi connectivity index (χ3n) is 6.56. The number of rotatable bonds is 3. The summed E-state index contributed by atoms with van der Waals surface area (Å²) in [5, 5.41) is 11.2. The molecule has 1 amide bonds. The van der Waals surface area contributed by atoms with Crippen molar-refractivity contribution in [1.82, 2.24) is 14.8 Å². The summed E-state index contributed by atoms with van der Waals surface area (Å²) in [5.74, 6) is 0.274. The summed E-state index contributed by atoms with van der Waals surface area (Å²) in [4.78, 5) is 21.5. The van der Waals surface area contributed by atoms with Crippen molar-refractivity contribution in [3.8, 4) is 0 Å². The van der Waals surface area contributed by atoms with E-state index in [1.54, 1.807) is 12.4 Å². The van der Waals surface area contributed by atoms with Crippen molar-refractivity contribution in [3.05, 3.63) is 30.1 Å². The van der Waals surface area contributed by atoms with Crippen molar-refractivity contribution in [1.29, 1.82) is 0 Å². The van der Waals surface area contributed by atoms with Crippen LogP contribution >= 0.6 is 0 Å². The number of hydrogen-bond donors (Lipinski definition) is 1. The van der Waals surface area contributed by atoms with Crippen molar-refractivity contribution < 1.29 is 9.90 Å². The monoisotopic (exact) mass is 343 g/mol. The largest absolute Gasteiger partial charge is 0.385 e. The lowest BCUT2D eigenvalue weighted by atomic mass is 9.81. The second-order valence-corrected chi connectivity index (χ2v) is 8.17. The summed E-state index contributed by atoms with van der Waals surface area (Å²) in [7, 11) is 0. The molecule has 4 atom stereocenters. The first-order chi connectivity index (χ1) is 12.1. The van der Waals surface area contributed by atoms with E-state index in [9.17, 15) is 9.90 Å². The van der Waals surface area contributed by atoms with Gasteiger partial charge in [-0.3, -0.25) is 14.7 Å². The third-order valence-corrected chi connectivity index (χ3v) is 6.56. The molecule has 1 N–H and O–H groups in total. The van der Waals surface area contributed by atoms with E-state index in [4.69, 9.17) is 0 Å². The fourth-order valence-electron chi connectivity index (χ4n) is 5.16. The number of carbonyl (C=O) groups is 1. The van der Waals surface area contributed by atoms with E-state index < -0.39 is 5.60 Å². The standard InChI is InChI=1S/C20H29N3O2/c1-15-5-2-3-10-22(15)19(24)14-23-17-7-8-18(23)12-20(25,11-17)16-6-4-9-21-13-16/h4,6,9,13,15,17-18,25H,2-3,5,7-8,10-12,14H2,1H3/t15-,17-,18+,20?/m1/s1. The van der Waals surface area contributed by atoms with Crippen LogP contribution < -0.4 is 0 Å². The topological polar surface area (TPSA) is 56.7 Å². The molecule has 5 heteroatoms. The lowest BCUT2D eigenvalue weighted by molar-refractivity contribution is -0.139. The minimum atomic E-state index is -0.794. The zero-order valence-electron chi connectivity index (χ0n) is 15.1. The highest BCUT2D eigenvalue weighted by Crippen LogP contribution is 2.45. The number of carbonyl (C=O) groups excluding carboxylic acids is 1. The summed E-state index contributed by atoms with van der Waals surface area (Å²) in [5.41, 5.74) is 0.125. The van der Waals surface area contributed by atoms with Crippen LogP contribution in [-0.2, 0) is 10.4 Å². The quantitative estimate of drug-likeness (QED) is 0.915. The number of likely N-dealkylation sites (tertiary alicyclic amines) is 1. The van der Waals surface area contributed by atoms with E-state index in [-0.39, 0.29) is 5.91 Å². The number of aliphatic hydroxyl groups is 1. The fourth-order valence-corrected chi connectivity index (χ4v) is 5.16. The molecule has 0 radical (unpaired) electrons. The average molecular weight is 343 g/mol. The van der Waals surface area contributed by atoms with Crippen LogP contribution in [0.3, 0.4) is 0 Å². The molecular weight excluding hydrogens is 314 g/mol. The summed E-state index contributed by atoms with van der Waals surface area (Å²) in [6, 6.07) is 4.84. The SMILES string of the molecule is C[C@@H]1CCCCN1C(=O)CN1[C@@H]2CC[C@H]1CC(O)(c1cccnc1)C2. The normalized spacial score (nSPS) is 35.8. The Morgan fingerprint density at radius 3 is 2.68 bits per heavy atom. The molecule has 0 saturated carbocycles. The summed E-state index contributed by atoms with van der Waals surface area (Å²) in [6.07, 6.45) is 10.6. The second kappa shape index (κ2) is 6.69. The van der Waals surface area contributed by atoms with Crippen molar-refractivity contribution >= 4 is 5.91 Å². The van der Waals surface area contributed by atoms with Gasteiger partial charge in [0.25, 0.3) is 0 Å². The molecule has 0 aliphatic carbocycles. The van der Waals surface area contributed by atoms with Gasteiger partial charge in [0.1, 0.15) is 0 Å². The van der Waals surface area contributed by atoms with Gasteiger partial charge in [-0.1, -0.05) is 6.07 Å². The van der Waals surface area contributed by atoms with Crippen molar-refractivity contribution in [3.63, 3.8) is 0 Å². The van der Waals surface area contributed by atoms with Crippen LogP contribution in [0.15, 0.2) is 24.5 Å². The van der Waals surface area contributed by atoms with Crippen LogP contribution in [0, 0.1) is 0 Å². The number of piperidine rings is 2. The van der Waals surface area contributed by atoms with E-state index >= 15 is 0 Å². The van der Waals surface area contributed by atoms with Crippen molar-refractivity contribution in [2.24, 2.45) is 0 Å². The maximum atomic E-state index is 12.8. The Morgan fingerprint density at radius 2 is 2.04 bits per heavy atom. The molecule has 2 bridgehead atoms. The zero-order valence-corrected chi connectivity index (χ0v) is 15.1. The Morgan fingerprint density at radius 1 is 1.28 bits per heavy atom. The smallest absolute Gasteiger partial charge is 0.237 e. The Balaban J connectivity index is 1.45. The first-order valence-corrected chi connectivity index (χ1v) is 9.75. The Hall–Kier alpha value is -1.46. The van der Waals surface area contributed by atoms with Gasteiger partial charge >= 0.3 is 0 Å². The van der Waals surface area contributed by atoms with Crippen LogP contribution in [0.4, 0.5) is 0 Å². The number of nitrogens with zero attached hydrogens (tertiary/aromatic N) is 3. The number of fused-ring (bicyclic) bond motifs is 2. The number of hydrogen-bond acceptors (Lipinski definition) is 4. The Labute approximate surface area is 150 Å². The van der Waals surface area contributed by atoms with Crippen molar-refractivity contribution in [2.45, 2.75) is 75.6 Å². The lowest BCUT2D eigenvalue weighted by Gasteiger charge is -2.44. The van der Waals surface area contributed by atoms with Crippen LogP contribution in [-0.4, -0.2) is 57.0 Å². The molecule has 3 fully saturated rings. The molecule has 1 unspecified atom stereocenters. The predicted molar refractivity (Wildman–Crippen MR) is 95.9 cm³/mol. The van der Waals surface area contributed by atoms with Gasteiger partial charge in [-0.2, -0.15) is 0 Å². The summed E-state index contributed by atoms with van der Waals surface area (Å²) < 4.78 is 0. The number of amides is 1. The molecule has 1 aromatic heterocycles. The van der Waals surface area contributed by atoms with Gasteiger partial charge < -0.3 is 10.0 Å².